The Hall–Kier alpha value is 0.880. The smallest absolute Gasteiger partial charge is 0.0234 e. The highest BCUT2D eigenvalue weighted by molar-refractivity contribution is 14.1. The molecule has 0 aromatic carbocycles. The SMILES string of the molecule is CCCS(=O)CCCCCI. The van der Waals surface area contributed by atoms with Crippen LogP contribution in [0.15, 0.2) is 0 Å². The fraction of sp³-hybridized carbons (Fsp3) is 1.00. The van der Waals surface area contributed by atoms with E-state index in [4.69, 9.17) is 0 Å². The molecule has 0 aliphatic heterocycles. The first-order valence-corrected chi connectivity index (χ1v) is 7.23. The predicted molar refractivity (Wildman–Crippen MR) is 60.9 cm³/mol. The van der Waals surface area contributed by atoms with E-state index in [2.05, 4.69) is 29.5 Å². The average Bonchev–Trinajstić information content (AvgIpc) is 1.99. The summed E-state index contributed by atoms with van der Waals surface area (Å²) in [7, 11) is -0.526. The molecule has 0 radical (unpaired) electrons. The monoisotopic (exact) mass is 288 g/mol. The van der Waals surface area contributed by atoms with Crippen LogP contribution in [0.2, 0.25) is 0 Å². The molecule has 3 heteroatoms. The van der Waals surface area contributed by atoms with Crippen molar-refractivity contribution in [2.75, 3.05) is 15.9 Å². The molecule has 0 aromatic rings. The topological polar surface area (TPSA) is 17.1 Å². The molecule has 0 amide bonds. The molecule has 11 heavy (non-hydrogen) atoms. The molecule has 0 aliphatic carbocycles. The largest absolute Gasteiger partial charge is 0.260 e. The van der Waals surface area contributed by atoms with Crippen LogP contribution in [0.4, 0.5) is 0 Å². The summed E-state index contributed by atoms with van der Waals surface area (Å²) in [5, 5.41) is 0. The van der Waals surface area contributed by atoms with Gasteiger partial charge in [-0.2, -0.15) is 0 Å². The van der Waals surface area contributed by atoms with Gasteiger partial charge in [-0.25, -0.2) is 0 Å². The maximum atomic E-state index is 11.1. The zero-order chi connectivity index (χ0) is 8.53. The second-order valence-electron chi connectivity index (χ2n) is 2.60. The molecule has 1 atom stereocenters. The van der Waals surface area contributed by atoms with Gasteiger partial charge in [0.2, 0.25) is 0 Å². The van der Waals surface area contributed by atoms with Gasteiger partial charge in [0.15, 0.2) is 0 Å². The van der Waals surface area contributed by atoms with Crippen molar-refractivity contribution in [3.05, 3.63) is 0 Å². The van der Waals surface area contributed by atoms with Crippen molar-refractivity contribution in [1.82, 2.24) is 0 Å². The molecule has 0 bridgehead atoms. The molecule has 1 nitrogen and oxygen atoms in total. The van der Waals surface area contributed by atoms with Gasteiger partial charge in [-0.1, -0.05) is 35.9 Å². The molecule has 0 rings (SSSR count). The third-order valence-corrected chi connectivity index (χ3v) is 3.81. The zero-order valence-electron chi connectivity index (χ0n) is 7.14. The van der Waals surface area contributed by atoms with Gasteiger partial charge in [0, 0.05) is 22.3 Å². The second kappa shape index (κ2) is 8.97. The molecule has 1 unspecified atom stereocenters. The predicted octanol–water partition coefficient (Wildman–Crippen LogP) is 2.75. The molecule has 0 heterocycles. The summed E-state index contributed by atoms with van der Waals surface area (Å²) in [6, 6.07) is 0. The van der Waals surface area contributed by atoms with Crippen LogP contribution in [0.3, 0.4) is 0 Å². The van der Waals surface area contributed by atoms with E-state index in [1.165, 1.54) is 17.3 Å². The van der Waals surface area contributed by atoms with Crippen LogP contribution in [-0.4, -0.2) is 20.1 Å². The molecule has 0 saturated heterocycles. The summed E-state index contributed by atoms with van der Waals surface area (Å²) < 4.78 is 12.3. The molecule has 0 N–H and O–H groups in total. The Morgan fingerprint density at radius 3 is 2.45 bits per heavy atom. The van der Waals surface area contributed by atoms with Crippen molar-refractivity contribution in [2.45, 2.75) is 32.6 Å². The van der Waals surface area contributed by atoms with Gasteiger partial charge in [-0.3, -0.25) is 4.21 Å². The number of unbranched alkanes of at least 4 members (excludes halogenated alkanes) is 2. The standard InChI is InChI=1S/C8H17IOS/c1-2-7-11(10)8-5-3-4-6-9/h2-8H2,1H3. The van der Waals surface area contributed by atoms with Crippen molar-refractivity contribution in [1.29, 1.82) is 0 Å². The molecule has 0 aliphatic rings. The number of halogens is 1. The Morgan fingerprint density at radius 2 is 1.91 bits per heavy atom. The number of hydrogen-bond donors (Lipinski definition) is 0. The highest BCUT2D eigenvalue weighted by Crippen LogP contribution is 2.00. The van der Waals surface area contributed by atoms with E-state index in [0.29, 0.717) is 0 Å². The van der Waals surface area contributed by atoms with Gasteiger partial charge in [0.05, 0.1) is 0 Å². The second-order valence-corrected chi connectivity index (χ2v) is 5.37. The van der Waals surface area contributed by atoms with Crippen LogP contribution in [0.25, 0.3) is 0 Å². The molecular formula is C8H17IOS. The lowest BCUT2D eigenvalue weighted by Crippen LogP contribution is -2.01. The first-order valence-electron chi connectivity index (χ1n) is 4.22. The molecule has 0 saturated carbocycles. The van der Waals surface area contributed by atoms with Crippen molar-refractivity contribution >= 4 is 33.4 Å². The summed E-state index contributed by atoms with van der Waals surface area (Å²) in [6.07, 6.45) is 4.73. The van der Waals surface area contributed by atoms with Crippen LogP contribution in [-0.2, 0) is 10.8 Å². The minimum Gasteiger partial charge on any atom is -0.260 e. The van der Waals surface area contributed by atoms with Gasteiger partial charge < -0.3 is 0 Å². The summed E-state index contributed by atoms with van der Waals surface area (Å²) >= 11 is 2.39. The van der Waals surface area contributed by atoms with Crippen molar-refractivity contribution in [2.24, 2.45) is 0 Å². The Bertz CT molecular complexity index is 106. The van der Waals surface area contributed by atoms with Gasteiger partial charge in [0.25, 0.3) is 0 Å². The highest BCUT2D eigenvalue weighted by atomic mass is 127. The highest BCUT2D eigenvalue weighted by Gasteiger charge is 1.96. The van der Waals surface area contributed by atoms with Gasteiger partial charge in [-0.15, -0.1) is 0 Å². The maximum absolute atomic E-state index is 11.1. The Labute approximate surface area is 85.9 Å². The van der Waals surface area contributed by atoms with E-state index in [1.807, 2.05) is 0 Å². The van der Waals surface area contributed by atoms with Gasteiger partial charge >= 0.3 is 0 Å². The maximum Gasteiger partial charge on any atom is 0.0234 e. The molecule has 0 fully saturated rings. The van der Waals surface area contributed by atoms with E-state index in [0.717, 1.165) is 24.3 Å². The Kier molecular flexibility index (Phi) is 9.69. The lowest BCUT2D eigenvalue weighted by molar-refractivity contribution is 0.675. The van der Waals surface area contributed by atoms with E-state index in [-0.39, 0.29) is 0 Å². The lowest BCUT2D eigenvalue weighted by Gasteiger charge is -1.98. The fourth-order valence-corrected chi connectivity index (χ4v) is 2.59. The molecule has 68 valence electrons. The summed E-state index contributed by atoms with van der Waals surface area (Å²) in [4.78, 5) is 0. The third-order valence-electron chi connectivity index (χ3n) is 1.44. The zero-order valence-corrected chi connectivity index (χ0v) is 10.1. The molecule has 0 spiro atoms. The third kappa shape index (κ3) is 8.79. The van der Waals surface area contributed by atoms with Crippen LogP contribution in [0, 0.1) is 0 Å². The Balaban J connectivity index is 3.04. The van der Waals surface area contributed by atoms with Crippen LogP contribution in [0.1, 0.15) is 32.6 Å². The molecular weight excluding hydrogens is 271 g/mol. The Morgan fingerprint density at radius 1 is 1.18 bits per heavy atom. The summed E-state index contributed by atoms with van der Waals surface area (Å²) in [5.41, 5.74) is 0. The van der Waals surface area contributed by atoms with E-state index in [1.54, 1.807) is 0 Å². The van der Waals surface area contributed by atoms with E-state index in [9.17, 15) is 4.21 Å². The normalized spacial score (nSPS) is 13.3. The van der Waals surface area contributed by atoms with Crippen LogP contribution in [0.5, 0.6) is 0 Å². The summed E-state index contributed by atoms with van der Waals surface area (Å²) in [6.45, 7) is 2.09. The van der Waals surface area contributed by atoms with Crippen LogP contribution >= 0.6 is 22.6 Å². The van der Waals surface area contributed by atoms with Crippen LogP contribution < -0.4 is 0 Å². The van der Waals surface area contributed by atoms with Gasteiger partial charge in [0.1, 0.15) is 0 Å². The molecule has 0 aromatic heterocycles. The number of rotatable bonds is 7. The minimum atomic E-state index is -0.526. The van der Waals surface area contributed by atoms with Gasteiger partial charge in [-0.05, 0) is 23.7 Å². The fourth-order valence-electron chi connectivity index (χ4n) is 0.864. The van der Waals surface area contributed by atoms with Crippen molar-refractivity contribution in [3.8, 4) is 0 Å². The van der Waals surface area contributed by atoms with E-state index >= 15 is 0 Å². The quantitative estimate of drug-likeness (QED) is 0.400. The number of hydrogen-bond acceptors (Lipinski definition) is 1. The first kappa shape index (κ1) is 11.9. The van der Waals surface area contributed by atoms with Crippen molar-refractivity contribution in [3.63, 3.8) is 0 Å². The number of alkyl halides is 1. The average molecular weight is 288 g/mol. The van der Waals surface area contributed by atoms with Crippen molar-refractivity contribution < 1.29 is 4.21 Å². The first-order chi connectivity index (χ1) is 5.31. The summed E-state index contributed by atoms with van der Waals surface area (Å²) in [5.74, 6) is 1.81. The lowest BCUT2D eigenvalue weighted by atomic mass is 10.3. The minimum absolute atomic E-state index is 0.526. The van der Waals surface area contributed by atoms with E-state index < -0.39 is 10.8 Å².